The number of fused-ring (bicyclic) bond motifs is 1. The number of rotatable bonds is 3. The second-order valence-corrected chi connectivity index (χ2v) is 5.45. The van der Waals surface area contributed by atoms with E-state index in [2.05, 4.69) is 58.9 Å². The van der Waals surface area contributed by atoms with Crippen molar-refractivity contribution in [2.75, 3.05) is 11.9 Å². The highest BCUT2D eigenvalue weighted by Gasteiger charge is 2.17. The first-order valence-corrected chi connectivity index (χ1v) is 7.28. The second-order valence-electron chi connectivity index (χ2n) is 5.45. The van der Waals surface area contributed by atoms with Gasteiger partial charge in [0.25, 0.3) is 0 Å². The summed E-state index contributed by atoms with van der Waals surface area (Å²) in [5.41, 5.74) is 4.00. The van der Waals surface area contributed by atoms with Gasteiger partial charge >= 0.3 is 0 Å². The van der Waals surface area contributed by atoms with E-state index in [1.165, 1.54) is 16.7 Å². The van der Waals surface area contributed by atoms with E-state index >= 15 is 0 Å². The van der Waals surface area contributed by atoms with Crippen molar-refractivity contribution < 1.29 is 0 Å². The standard InChI is InChI=1S/C17H21N3/c1-13-9-10-19-17-16(13)12-18-11-15(20-17)8-7-14-5-3-2-4-6-14/h2-6,9-10,15,18H,7-8,11-12H2,1H3,(H,19,20). The maximum absolute atomic E-state index is 4.49. The summed E-state index contributed by atoms with van der Waals surface area (Å²) in [6.45, 7) is 4.04. The van der Waals surface area contributed by atoms with Crippen molar-refractivity contribution in [3.63, 3.8) is 0 Å². The van der Waals surface area contributed by atoms with Crippen LogP contribution in [0.15, 0.2) is 42.6 Å². The zero-order valence-corrected chi connectivity index (χ0v) is 11.9. The zero-order chi connectivity index (χ0) is 13.8. The molecular weight excluding hydrogens is 246 g/mol. The molecule has 0 radical (unpaired) electrons. The van der Waals surface area contributed by atoms with E-state index in [9.17, 15) is 0 Å². The third kappa shape index (κ3) is 2.99. The monoisotopic (exact) mass is 267 g/mol. The second kappa shape index (κ2) is 6.06. The summed E-state index contributed by atoms with van der Waals surface area (Å²) in [5.74, 6) is 1.05. The lowest BCUT2D eigenvalue weighted by Gasteiger charge is -2.17. The molecule has 0 fully saturated rings. The molecule has 3 nitrogen and oxygen atoms in total. The van der Waals surface area contributed by atoms with Gasteiger partial charge in [-0.3, -0.25) is 0 Å². The maximum atomic E-state index is 4.49. The molecule has 2 N–H and O–H groups in total. The third-order valence-electron chi connectivity index (χ3n) is 3.95. The van der Waals surface area contributed by atoms with Crippen LogP contribution in [0.2, 0.25) is 0 Å². The average Bonchev–Trinajstić information content (AvgIpc) is 2.69. The number of nitrogens with one attached hydrogen (secondary N) is 2. The van der Waals surface area contributed by atoms with Crippen LogP contribution in [0.5, 0.6) is 0 Å². The van der Waals surface area contributed by atoms with Crippen LogP contribution in [-0.4, -0.2) is 17.6 Å². The van der Waals surface area contributed by atoms with Gasteiger partial charge in [0.05, 0.1) is 0 Å². The van der Waals surface area contributed by atoms with Gasteiger partial charge in [-0.15, -0.1) is 0 Å². The highest BCUT2D eigenvalue weighted by molar-refractivity contribution is 5.49. The highest BCUT2D eigenvalue weighted by atomic mass is 15.1. The van der Waals surface area contributed by atoms with Crippen LogP contribution in [0.1, 0.15) is 23.1 Å². The average molecular weight is 267 g/mol. The number of anilines is 1. The molecule has 1 aliphatic rings. The van der Waals surface area contributed by atoms with Crippen LogP contribution in [-0.2, 0) is 13.0 Å². The first-order chi connectivity index (χ1) is 9.83. The fraction of sp³-hybridized carbons (Fsp3) is 0.353. The van der Waals surface area contributed by atoms with Gasteiger partial charge in [-0.2, -0.15) is 0 Å². The van der Waals surface area contributed by atoms with E-state index in [0.717, 1.165) is 31.7 Å². The number of pyridine rings is 1. The molecule has 1 unspecified atom stereocenters. The topological polar surface area (TPSA) is 37.0 Å². The van der Waals surface area contributed by atoms with Gasteiger partial charge in [0, 0.05) is 30.9 Å². The van der Waals surface area contributed by atoms with Crippen molar-refractivity contribution in [2.45, 2.75) is 32.4 Å². The van der Waals surface area contributed by atoms with Crippen molar-refractivity contribution in [1.82, 2.24) is 10.3 Å². The van der Waals surface area contributed by atoms with Crippen molar-refractivity contribution in [1.29, 1.82) is 0 Å². The Bertz CT molecular complexity index is 566. The minimum atomic E-state index is 0.436. The highest BCUT2D eigenvalue weighted by Crippen LogP contribution is 2.20. The Hall–Kier alpha value is -1.87. The molecule has 0 amide bonds. The Morgan fingerprint density at radius 3 is 2.90 bits per heavy atom. The summed E-state index contributed by atoms with van der Waals surface area (Å²) < 4.78 is 0. The number of hydrogen-bond acceptors (Lipinski definition) is 3. The number of benzene rings is 1. The molecule has 0 saturated heterocycles. The molecule has 1 atom stereocenters. The normalized spacial score (nSPS) is 17.9. The molecule has 0 saturated carbocycles. The molecule has 0 aliphatic carbocycles. The van der Waals surface area contributed by atoms with E-state index in [0.29, 0.717) is 6.04 Å². The summed E-state index contributed by atoms with van der Waals surface area (Å²) in [5, 5.41) is 7.13. The van der Waals surface area contributed by atoms with Gasteiger partial charge in [-0.05, 0) is 37.0 Å². The molecule has 0 spiro atoms. The fourth-order valence-corrected chi connectivity index (χ4v) is 2.71. The van der Waals surface area contributed by atoms with Crippen LogP contribution in [0.25, 0.3) is 0 Å². The van der Waals surface area contributed by atoms with Crippen LogP contribution >= 0.6 is 0 Å². The SMILES string of the molecule is Cc1ccnc2c1CNCC(CCc1ccccc1)N2. The summed E-state index contributed by atoms with van der Waals surface area (Å²) in [4.78, 5) is 4.49. The molecule has 1 aromatic heterocycles. The number of aromatic nitrogens is 1. The Kier molecular flexibility index (Phi) is 3.97. The lowest BCUT2D eigenvalue weighted by molar-refractivity contribution is 0.584. The first-order valence-electron chi connectivity index (χ1n) is 7.28. The lowest BCUT2D eigenvalue weighted by Crippen LogP contribution is -2.30. The van der Waals surface area contributed by atoms with E-state index in [4.69, 9.17) is 0 Å². The largest absolute Gasteiger partial charge is 0.366 e. The van der Waals surface area contributed by atoms with E-state index in [1.54, 1.807) is 0 Å². The number of nitrogens with zero attached hydrogens (tertiary/aromatic N) is 1. The Morgan fingerprint density at radius 1 is 1.20 bits per heavy atom. The number of aryl methyl sites for hydroxylation is 2. The molecule has 0 bridgehead atoms. The molecule has 2 heterocycles. The molecule has 3 rings (SSSR count). The fourth-order valence-electron chi connectivity index (χ4n) is 2.71. The Balaban J connectivity index is 1.67. The lowest BCUT2D eigenvalue weighted by atomic mass is 10.1. The van der Waals surface area contributed by atoms with Crippen molar-refractivity contribution in [3.8, 4) is 0 Å². The summed E-state index contributed by atoms with van der Waals surface area (Å²) >= 11 is 0. The van der Waals surface area contributed by atoms with Crippen molar-refractivity contribution in [3.05, 3.63) is 59.3 Å². The van der Waals surface area contributed by atoms with E-state index in [1.807, 2.05) is 6.20 Å². The van der Waals surface area contributed by atoms with Gasteiger partial charge in [-0.25, -0.2) is 4.98 Å². The Labute approximate surface area is 120 Å². The van der Waals surface area contributed by atoms with Crippen LogP contribution < -0.4 is 10.6 Å². The molecule has 3 heteroatoms. The van der Waals surface area contributed by atoms with Gasteiger partial charge < -0.3 is 10.6 Å². The van der Waals surface area contributed by atoms with Gasteiger partial charge in [-0.1, -0.05) is 30.3 Å². The van der Waals surface area contributed by atoms with Crippen LogP contribution in [0.3, 0.4) is 0 Å². The van der Waals surface area contributed by atoms with Gasteiger partial charge in [0.2, 0.25) is 0 Å². The minimum absolute atomic E-state index is 0.436. The number of hydrogen-bond donors (Lipinski definition) is 2. The maximum Gasteiger partial charge on any atom is 0.130 e. The summed E-state index contributed by atoms with van der Waals surface area (Å²) in [7, 11) is 0. The summed E-state index contributed by atoms with van der Waals surface area (Å²) in [6, 6.07) is 13.2. The molecular formula is C17H21N3. The first kappa shape index (κ1) is 13.1. The summed E-state index contributed by atoms with van der Waals surface area (Å²) in [6.07, 6.45) is 4.11. The van der Waals surface area contributed by atoms with Gasteiger partial charge in [0.1, 0.15) is 5.82 Å². The van der Waals surface area contributed by atoms with E-state index < -0.39 is 0 Å². The minimum Gasteiger partial charge on any atom is -0.366 e. The quantitative estimate of drug-likeness (QED) is 0.898. The zero-order valence-electron chi connectivity index (χ0n) is 11.9. The van der Waals surface area contributed by atoms with Crippen molar-refractivity contribution >= 4 is 5.82 Å². The van der Waals surface area contributed by atoms with Gasteiger partial charge in [0.15, 0.2) is 0 Å². The van der Waals surface area contributed by atoms with E-state index in [-0.39, 0.29) is 0 Å². The Morgan fingerprint density at radius 2 is 2.05 bits per heavy atom. The predicted octanol–water partition coefficient (Wildman–Crippen LogP) is 2.91. The molecule has 2 aromatic rings. The molecule has 20 heavy (non-hydrogen) atoms. The van der Waals surface area contributed by atoms with Crippen molar-refractivity contribution in [2.24, 2.45) is 0 Å². The smallest absolute Gasteiger partial charge is 0.130 e. The molecule has 1 aromatic carbocycles. The molecule has 104 valence electrons. The molecule has 1 aliphatic heterocycles. The van der Waals surface area contributed by atoms with Crippen LogP contribution in [0, 0.1) is 6.92 Å². The van der Waals surface area contributed by atoms with Crippen LogP contribution in [0.4, 0.5) is 5.82 Å². The predicted molar refractivity (Wildman–Crippen MR) is 82.9 cm³/mol. The third-order valence-corrected chi connectivity index (χ3v) is 3.95.